The second kappa shape index (κ2) is 7.04. The Bertz CT molecular complexity index is 593. The summed E-state index contributed by atoms with van der Waals surface area (Å²) in [6.45, 7) is 4.75. The van der Waals surface area contributed by atoms with E-state index in [1.807, 2.05) is 19.1 Å². The number of amides is 1. The lowest BCUT2D eigenvalue weighted by molar-refractivity contribution is -0.122. The van der Waals surface area contributed by atoms with Crippen LogP contribution in [0.15, 0.2) is 40.8 Å². The van der Waals surface area contributed by atoms with Crippen LogP contribution in [0.4, 0.5) is 4.39 Å². The minimum atomic E-state index is -0.288. The monoisotopic (exact) mass is 290 g/mol. The van der Waals surface area contributed by atoms with Gasteiger partial charge in [-0.2, -0.15) is 0 Å². The lowest BCUT2D eigenvalue weighted by atomic mass is 10.2. The first-order valence-electron chi connectivity index (χ1n) is 6.96. The fraction of sp³-hybridized carbons (Fsp3) is 0.312. The zero-order valence-electron chi connectivity index (χ0n) is 12.2. The zero-order chi connectivity index (χ0) is 15.2. The molecule has 0 aliphatic carbocycles. The highest BCUT2D eigenvalue weighted by atomic mass is 19.1. The van der Waals surface area contributed by atoms with Crippen LogP contribution >= 0.6 is 0 Å². The molecule has 0 aliphatic rings. The van der Waals surface area contributed by atoms with Gasteiger partial charge < -0.3 is 9.73 Å². The first-order valence-corrected chi connectivity index (χ1v) is 6.96. The largest absolute Gasteiger partial charge is 0.460 e. The van der Waals surface area contributed by atoms with E-state index in [2.05, 4.69) is 10.6 Å². The number of hydrogen-bond donors (Lipinski definition) is 2. The van der Waals surface area contributed by atoms with Gasteiger partial charge in [-0.25, -0.2) is 4.39 Å². The van der Waals surface area contributed by atoms with E-state index in [1.54, 1.807) is 19.1 Å². The molecule has 1 aromatic heterocycles. The van der Waals surface area contributed by atoms with Crippen molar-refractivity contribution < 1.29 is 13.6 Å². The topological polar surface area (TPSA) is 54.3 Å². The number of nitrogens with one attached hydrogen (secondary N) is 2. The van der Waals surface area contributed by atoms with Gasteiger partial charge in [-0.1, -0.05) is 0 Å². The average molecular weight is 290 g/mol. The molecule has 0 spiro atoms. The second-order valence-electron chi connectivity index (χ2n) is 4.77. The highest BCUT2D eigenvalue weighted by molar-refractivity contribution is 5.81. The van der Waals surface area contributed by atoms with E-state index in [0.29, 0.717) is 18.8 Å². The van der Waals surface area contributed by atoms with E-state index in [1.165, 1.54) is 12.1 Å². The highest BCUT2D eigenvalue weighted by Crippen LogP contribution is 2.22. The van der Waals surface area contributed by atoms with Crippen LogP contribution in [-0.2, 0) is 11.3 Å². The van der Waals surface area contributed by atoms with Crippen molar-refractivity contribution in [2.45, 2.75) is 26.4 Å². The number of halogens is 1. The van der Waals surface area contributed by atoms with Gasteiger partial charge in [-0.05, 0) is 50.2 Å². The van der Waals surface area contributed by atoms with Crippen LogP contribution in [0, 0.1) is 5.82 Å². The predicted molar refractivity (Wildman–Crippen MR) is 79.1 cm³/mol. The van der Waals surface area contributed by atoms with Gasteiger partial charge in [0, 0.05) is 12.1 Å². The van der Waals surface area contributed by atoms with Gasteiger partial charge in [-0.15, -0.1) is 0 Å². The standard InChI is InChI=1S/C16H19FN2O2/c1-3-18-16(20)11(2)19-10-14-8-9-15(21-14)12-4-6-13(17)7-5-12/h4-9,11,19H,3,10H2,1-2H3,(H,18,20). The van der Waals surface area contributed by atoms with Crippen molar-refractivity contribution in [2.24, 2.45) is 0 Å². The molecular formula is C16H19FN2O2. The van der Waals surface area contributed by atoms with E-state index in [-0.39, 0.29) is 17.8 Å². The Morgan fingerprint density at radius 1 is 1.24 bits per heavy atom. The van der Waals surface area contributed by atoms with E-state index in [9.17, 15) is 9.18 Å². The van der Waals surface area contributed by atoms with Crippen molar-refractivity contribution in [3.8, 4) is 11.3 Å². The van der Waals surface area contributed by atoms with Crippen LogP contribution in [-0.4, -0.2) is 18.5 Å². The number of hydrogen-bond acceptors (Lipinski definition) is 3. The van der Waals surface area contributed by atoms with Crippen molar-refractivity contribution in [3.05, 3.63) is 48.0 Å². The number of rotatable bonds is 6. The number of likely N-dealkylation sites (N-methyl/N-ethyl adjacent to an activating group) is 1. The Kier molecular flexibility index (Phi) is 5.11. The molecule has 1 amide bonds. The zero-order valence-corrected chi connectivity index (χ0v) is 12.2. The maximum atomic E-state index is 12.9. The van der Waals surface area contributed by atoms with Crippen molar-refractivity contribution in [3.63, 3.8) is 0 Å². The molecule has 0 radical (unpaired) electrons. The molecule has 5 heteroatoms. The van der Waals surface area contributed by atoms with Crippen LogP contribution in [0.3, 0.4) is 0 Å². The molecule has 0 saturated carbocycles. The molecule has 2 N–H and O–H groups in total. The van der Waals surface area contributed by atoms with E-state index in [4.69, 9.17) is 4.42 Å². The Morgan fingerprint density at radius 3 is 2.62 bits per heavy atom. The summed E-state index contributed by atoms with van der Waals surface area (Å²) in [5.74, 6) is 1.09. The summed E-state index contributed by atoms with van der Waals surface area (Å²) in [6.07, 6.45) is 0. The van der Waals surface area contributed by atoms with E-state index >= 15 is 0 Å². The van der Waals surface area contributed by atoms with Gasteiger partial charge in [0.05, 0.1) is 12.6 Å². The molecule has 2 aromatic rings. The molecule has 112 valence electrons. The third kappa shape index (κ3) is 4.16. The van der Waals surface area contributed by atoms with Crippen LogP contribution in [0.5, 0.6) is 0 Å². The molecule has 4 nitrogen and oxygen atoms in total. The van der Waals surface area contributed by atoms with Gasteiger partial charge in [0.2, 0.25) is 5.91 Å². The van der Waals surface area contributed by atoms with Crippen LogP contribution in [0.25, 0.3) is 11.3 Å². The quantitative estimate of drug-likeness (QED) is 0.860. The van der Waals surface area contributed by atoms with Crippen molar-refractivity contribution in [1.82, 2.24) is 10.6 Å². The summed E-state index contributed by atoms with van der Waals surface area (Å²) in [4.78, 5) is 11.6. The minimum absolute atomic E-state index is 0.0391. The van der Waals surface area contributed by atoms with Crippen molar-refractivity contribution >= 4 is 5.91 Å². The van der Waals surface area contributed by atoms with E-state index in [0.717, 1.165) is 11.3 Å². The number of furan rings is 1. The lowest BCUT2D eigenvalue weighted by Gasteiger charge is -2.11. The van der Waals surface area contributed by atoms with E-state index < -0.39 is 0 Å². The normalized spacial score (nSPS) is 12.1. The van der Waals surface area contributed by atoms with Crippen LogP contribution in [0.2, 0.25) is 0 Å². The number of benzene rings is 1. The summed E-state index contributed by atoms with van der Waals surface area (Å²) in [7, 11) is 0. The smallest absolute Gasteiger partial charge is 0.236 e. The molecular weight excluding hydrogens is 271 g/mol. The average Bonchev–Trinajstić information content (AvgIpc) is 2.94. The first kappa shape index (κ1) is 15.3. The van der Waals surface area contributed by atoms with Gasteiger partial charge in [0.15, 0.2) is 0 Å². The van der Waals surface area contributed by atoms with Crippen LogP contribution in [0.1, 0.15) is 19.6 Å². The molecule has 1 unspecified atom stereocenters. The number of carbonyl (C=O) groups excluding carboxylic acids is 1. The number of carbonyl (C=O) groups is 1. The van der Waals surface area contributed by atoms with Crippen molar-refractivity contribution in [2.75, 3.05) is 6.54 Å². The fourth-order valence-electron chi connectivity index (χ4n) is 1.92. The van der Waals surface area contributed by atoms with Gasteiger partial charge in [0.1, 0.15) is 17.3 Å². The molecule has 21 heavy (non-hydrogen) atoms. The SMILES string of the molecule is CCNC(=O)C(C)NCc1ccc(-c2ccc(F)cc2)o1. The molecule has 1 atom stereocenters. The molecule has 2 rings (SSSR count). The lowest BCUT2D eigenvalue weighted by Crippen LogP contribution is -2.41. The molecule has 1 aromatic carbocycles. The Balaban J connectivity index is 1.94. The first-order chi connectivity index (χ1) is 10.1. The third-order valence-corrected chi connectivity index (χ3v) is 3.12. The molecule has 0 saturated heterocycles. The van der Waals surface area contributed by atoms with Crippen LogP contribution < -0.4 is 10.6 Å². The Hall–Kier alpha value is -2.14. The van der Waals surface area contributed by atoms with Gasteiger partial charge >= 0.3 is 0 Å². The van der Waals surface area contributed by atoms with Gasteiger partial charge in [0.25, 0.3) is 0 Å². The predicted octanol–water partition coefficient (Wildman–Crippen LogP) is 2.70. The molecule has 0 fully saturated rings. The third-order valence-electron chi connectivity index (χ3n) is 3.12. The second-order valence-corrected chi connectivity index (χ2v) is 4.77. The minimum Gasteiger partial charge on any atom is -0.460 e. The summed E-state index contributed by atoms with van der Waals surface area (Å²) in [6, 6.07) is 9.52. The summed E-state index contributed by atoms with van der Waals surface area (Å²) in [5, 5.41) is 5.84. The summed E-state index contributed by atoms with van der Waals surface area (Å²) >= 11 is 0. The molecule has 1 heterocycles. The van der Waals surface area contributed by atoms with Gasteiger partial charge in [-0.3, -0.25) is 10.1 Å². The molecule has 0 bridgehead atoms. The summed E-state index contributed by atoms with van der Waals surface area (Å²) < 4.78 is 18.6. The molecule has 0 aliphatic heterocycles. The Morgan fingerprint density at radius 2 is 1.95 bits per heavy atom. The summed E-state index contributed by atoms with van der Waals surface area (Å²) in [5.41, 5.74) is 0.819. The fourth-order valence-corrected chi connectivity index (χ4v) is 1.92. The maximum Gasteiger partial charge on any atom is 0.236 e. The Labute approximate surface area is 123 Å². The van der Waals surface area contributed by atoms with Crippen molar-refractivity contribution in [1.29, 1.82) is 0 Å². The highest BCUT2D eigenvalue weighted by Gasteiger charge is 2.12. The maximum absolute atomic E-state index is 12.9.